The van der Waals surface area contributed by atoms with Crippen molar-refractivity contribution in [1.82, 2.24) is 5.32 Å². The summed E-state index contributed by atoms with van der Waals surface area (Å²) in [5.74, 6) is -0.391. The SMILES string of the molecule is CC(=O)Nc1ccc(/C(C)=N/OC(C)C(=O)NCc2ccc(Cl)cc2)cc1. The van der Waals surface area contributed by atoms with Gasteiger partial charge in [-0.2, -0.15) is 0 Å². The zero-order valence-electron chi connectivity index (χ0n) is 15.5. The summed E-state index contributed by atoms with van der Waals surface area (Å²) in [6, 6.07) is 14.4. The number of benzene rings is 2. The van der Waals surface area contributed by atoms with Crippen LogP contribution in [0, 0.1) is 0 Å². The zero-order chi connectivity index (χ0) is 19.8. The van der Waals surface area contributed by atoms with Gasteiger partial charge < -0.3 is 15.5 Å². The highest BCUT2D eigenvalue weighted by molar-refractivity contribution is 6.30. The fraction of sp³-hybridized carbons (Fsp3) is 0.250. The minimum absolute atomic E-state index is 0.130. The lowest BCUT2D eigenvalue weighted by Gasteiger charge is -2.11. The number of carbonyl (C=O) groups excluding carboxylic acids is 2. The first-order valence-corrected chi connectivity index (χ1v) is 8.83. The van der Waals surface area contributed by atoms with E-state index in [2.05, 4.69) is 15.8 Å². The van der Waals surface area contributed by atoms with Gasteiger partial charge in [0.1, 0.15) is 0 Å². The second-order valence-corrected chi connectivity index (χ2v) is 6.46. The highest BCUT2D eigenvalue weighted by Crippen LogP contribution is 2.11. The van der Waals surface area contributed by atoms with Crippen LogP contribution in [0.2, 0.25) is 5.02 Å². The monoisotopic (exact) mass is 387 g/mol. The van der Waals surface area contributed by atoms with Crippen molar-refractivity contribution in [2.24, 2.45) is 5.16 Å². The van der Waals surface area contributed by atoms with Gasteiger partial charge in [-0.3, -0.25) is 9.59 Å². The van der Waals surface area contributed by atoms with Gasteiger partial charge in [-0.25, -0.2) is 0 Å². The van der Waals surface area contributed by atoms with E-state index in [-0.39, 0.29) is 11.8 Å². The van der Waals surface area contributed by atoms with Gasteiger partial charge in [-0.05, 0) is 49.2 Å². The van der Waals surface area contributed by atoms with Crippen molar-refractivity contribution in [3.8, 4) is 0 Å². The second kappa shape index (κ2) is 9.73. The molecule has 0 saturated heterocycles. The Labute approximate surface area is 163 Å². The van der Waals surface area contributed by atoms with Crippen LogP contribution in [-0.4, -0.2) is 23.6 Å². The van der Waals surface area contributed by atoms with E-state index in [9.17, 15) is 9.59 Å². The van der Waals surface area contributed by atoms with Crippen LogP contribution in [0.4, 0.5) is 5.69 Å². The van der Waals surface area contributed by atoms with Crippen LogP contribution in [0.15, 0.2) is 53.7 Å². The summed E-state index contributed by atoms with van der Waals surface area (Å²) < 4.78 is 0. The third kappa shape index (κ3) is 6.75. The maximum atomic E-state index is 12.1. The van der Waals surface area contributed by atoms with Gasteiger partial charge in [-0.15, -0.1) is 0 Å². The molecule has 0 aliphatic carbocycles. The van der Waals surface area contributed by atoms with Crippen LogP contribution in [-0.2, 0) is 21.0 Å². The molecule has 2 N–H and O–H groups in total. The summed E-state index contributed by atoms with van der Waals surface area (Å²) in [5, 5.41) is 10.2. The van der Waals surface area contributed by atoms with Gasteiger partial charge in [0.05, 0.1) is 5.71 Å². The average Bonchev–Trinajstić information content (AvgIpc) is 2.65. The lowest BCUT2D eigenvalue weighted by Crippen LogP contribution is -2.33. The normalized spacial score (nSPS) is 12.2. The van der Waals surface area contributed by atoms with E-state index >= 15 is 0 Å². The largest absolute Gasteiger partial charge is 0.382 e. The number of nitrogens with one attached hydrogen (secondary N) is 2. The second-order valence-electron chi connectivity index (χ2n) is 6.03. The first kappa shape index (κ1) is 20.5. The smallest absolute Gasteiger partial charge is 0.263 e. The molecule has 0 fully saturated rings. The minimum atomic E-state index is -0.731. The minimum Gasteiger partial charge on any atom is -0.382 e. The van der Waals surface area contributed by atoms with Crippen molar-refractivity contribution < 1.29 is 14.4 Å². The van der Waals surface area contributed by atoms with Crippen LogP contribution in [0.25, 0.3) is 0 Å². The summed E-state index contributed by atoms with van der Waals surface area (Å²) in [5.41, 5.74) is 3.11. The van der Waals surface area contributed by atoms with Gasteiger partial charge in [0.25, 0.3) is 5.91 Å². The van der Waals surface area contributed by atoms with Crippen molar-refractivity contribution in [1.29, 1.82) is 0 Å². The molecule has 0 bridgehead atoms. The zero-order valence-corrected chi connectivity index (χ0v) is 16.2. The molecule has 6 nitrogen and oxygen atoms in total. The molecular formula is C20H22ClN3O3. The predicted octanol–water partition coefficient (Wildman–Crippen LogP) is 3.74. The first-order chi connectivity index (χ1) is 12.8. The standard InChI is InChI=1S/C20H22ClN3O3/c1-13(17-6-10-19(11-7-17)23-15(3)25)24-27-14(2)20(26)22-12-16-4-8-18(21)9-5-16/h4-11,14H,12H2,1-3H3,(H,22,26)(H,23,25)/b24-13+. The van der Waals surface area contributed by atoms with Crippen LogP contribution < -0.4 is 10.6 Å². The summed E-state index contributed by atoms with van der Waals surface area (Å²) >= 11 is 5.84. The van der Waals surface area contributed by atoms with Crippen molar-refractivity contribution in [2.45, 2.75) is 33.4 Å². The van der Waals surface area contributed by atoms with Crippen LogP contribution in [0.3, 0.4) is 0 Å². The number of anilines is 1. The lowest BCUT2D eigenvalue weighted by atomic mass is 10.1. The number of hydrogen-bond donors (Lipinski definition) is 2. The highest BCUT2D eigenvalue weighted by atomic mass is 35.5. The molecule has 0 spiro atoms. The van der Waals surface area contributed by atoms with E-state index in [0.717, 1.165) is 11.1 Å². The molecule has 1 atom stereocenters. The third-order valence-corrected chi connectivity index (χ3v) is 3.97. The fourth-order valence-electron chi connectivity index (χ4n) is 2.19. The molecule has 0 radical (unpaired) electrons. The third-order valence-electron chi connectivity index (χ3n) is 3.72. The fourth-order valence-corrected chi connectivity index (χ4v) is 2.32. The molecule has 7 heteroatoms. The van der Waals surface area contributed by atoms with Gasteiger partial charge in [0, 0.05) is 24.2 Å². The summed E-state index contributed by atoms with van der Waals surface area (Å²) in [4.78, 5) is 28.4. The van der Waals surface area contributed by atoms with Gasteiger partial charge in [0.15, 0.2) is 0 Å². The van der Waals surface area contributed by atoms with Crippen molar-refractivity contribution in [3.63, 3.8) is 0 Å². The van der Waals surface area contributed by atoms with E-state index in [1.165, 1.54) is 6.92 Å². The van der Waals surface area contributed by atoms with E-state index < -0.39 is 6.10 Å². The molecule has 142 valence electrons. The number of nitrogens with zero attached hydrogens (tertiary/aromatic N) is 1. The summed E-state index contributed by atoms with van der Waals surface area (Å²) in [6.45, 7) is 5.25. The number of carbonyl (C=O) groups is 2. The average molecular weight is 388 g/mol. The van der Waals surface area contributed by atoms with E-state index in [0.29, 0.717) is 23.0 Å². The Bertz CT molecular complexity index is 817. The van der Waals surface area contributed by atoms with Crippen molar-refractivity contribution >= 4 is 34.8 Å². The van der Waals surface area contributed by atoms with Gasteiger partial charge in [-0.1, -0.05) is 41.0 Å². The Morgan fingerprint density at radius 3 is 2.30 bits per heavy atom. The number of oxime groups is 1. The molecular weight excluding hydrogens is 366 g/mol. The molecule has 27 heavy (non-hydrogen) atoms. The van der Waals surface area contributed by atoms with Gasteiger partial charge >= 0.3 is 0 Å². The summed E-state index contributed by atoms with van der Waals surface area (Å²) in [6.07, 6.45) is -0.731. The molecule has 2 amide bonds. The molecule has 2 rings (SSSR count). The van der Waals surface area contributed by atoms with E-state index in [1.54, 1.807) is 38.1 Å². The molecule has 2 aromatic rings. The molecule has 0 aliphatic rings. The van der Waals surface area contributed by atoms with Crippen molar-refractivity contribution in [3.05, 3.63) is 64.7 Å². The van der Waals surface area contributed by atoms with Crippen molar-refractivity contribution in [2.75, 3.05) is 5.32 Å². The number of halogens is 1. The molecule has 0 heterocycles. The first-order valence-electron chi connectivity index (χ1n) is 8.45. The maximum absolute atomic E-state index is 12.1. The predicted molar refractivity (Wildman–Crippen MR) is 107 cm³/mol. The van der Waals surface area contributed by atoms with E-state index in [1.807, 2.05) is 24.3 Å². The Hall–Kier alpha value is -2.86. The molecule has 0 aromatic heterocycles. The van der Waals surface area contributed by atoms with Crippen LogP contribution >= 0.6 is 11.6 Å². The Balaban J connectivity index is 1.86. The maximum Gasteiger partial charge on any atom is 0.263 e. The number of hydrogen-bond acceptors (Lipinski definition) is 4. The Morgan fingerprint density at radius 2 is 1.70 bits per heavy atom. The van der Waals surface area contributed by atoms with Crippen LogP contribution in [0.5, 0.6) is 0 Å². The number of rotatable bonds is 7. The van der Waals surface area contributed by atoms with Crippen LogP contribution in [0.1, 0.15) is 31.9 Å². The lowest BCUT2D eigenvalue weighted by molar-refractivity contribution is -0.131. The quantitative estimate of drug-likeness (QED) is 0.561. The van der Waals surface area contributed by atoms with Gasteiger partial charge in [0.2, 0.25) is 12.0 Å². The Morgan fingerprint density at radius 1 is 1.07 bits per heavy atom. The van der Waals surface area contributed by atoms with E-state index in [4.69, 9.17) is 16.4 Å². The molecule has 2 aromatic carbocycles. The highest BCUT2D eigenvalue weighted by Gasteiger charge is 2.14. The summed E-state index contributed by atoms with van der Waals surface area (Å²) in [7, 11) is 0. The Kier molecular flexibility index (Phi) is 7.37. The molecule has 0 aliphatic heterocycles. The molecule has 0 saturated carbocycles. The topological polar surface area (TPSA) is 79.8 Å². The molecule has 1 unspecified atom stereocenters. The number of amides is 2.